The molecule has 11 heteroatoms. The summed E-state index contributed by atoms with van der Waals surface area (Å²) >= 11 is 6.07. The van der Waals surface area contributed by atoms with E-state index in [9.17, 15) is 23.2 Å². The van der Waals surface area contributed by atoms with Crippen molar-refractivity contribution in [2.45, 2.75) is 48.4 Å². The Bertz CT molecular complexity index is 1610. The average Bonchev–Trinajstić information content (AvgIpc) is 3.45. The summed E-state index contributed by atoms with van der Waals surface area (Å²) in [5.41, 5.74) is -1.82. The molecule has 2 aromatic heterocycles. The molecule has 4 aromatic rings. The van der Waals surface area contributed by atoms with Crippen LogP contribution in [0.25, 0.3) is 21.8 Å². The highest BCUT2D eigenvalue weighted by molar-refractivity contribution is 7.91. The number of fused-ring (bicyclic) bond motifs is 2. The molecule has 0 aliphatic heterocycles. The van der Waals surface area contributed by atoms with Crippen molar-refractivity contribution in [2.75, 3.05) is 0 Å². The van der Waals surface area contributed by atoms with Crippen molar-refractivity contribution in [2.24, 2.45) is 5.92 Å². The van der Waals surface area contributed by atoms with Gasteiger partial charge in [0.15, 0.2) is 0 Å². The van der Waals surface area contributed by atoms with Crippen LogP contribution in [0.15, 0.2) is 55.9 Å². The maximum absolute atomic E-state index is 13.5. The second kappa shape index (κ2) is 8.03. The van der Waals surface area contributed by atoms with Crippen LogP contribution in [0.2, 0.25) is 5.02 Å². The van der Waals surface area contributed by atoms with E-state index in [1.54, 1.807) is 18.3 Å². The minimum absolute atomic E-state index is 0.00438. The Morgan fingerprint density at radius 3 is 2.67 bits per heavy atom. The lowest BCUT2D eigenvalue weighted by Gasteiger charge is -2.11. The fourth-order valence-corrected chi connectivity index (χ4v) is 6.28. The van der Waals surface area contributed by atoms with Crippen LogP contribution >= 0.6 is 11.6 Å². The van der Waals surface area contributed by atoms with Gasteiger partial charge < -0.3 is 10.2 Å². The van der Waals surface area contributed by atoms with Crippen LogP contribution in [-0.2, 0) is 16.4 Å². The van der Waals surface area contributed by atoms with Crippen molar-refractivity contribution < 1.29 is 13.6 Å². The molecule has 0 spiro atoms. The van der Waals surface area contributed by atoms with E-state index in [1.807, 2.05) is 4.68 Å². The topological polar surface area (TPSA) is 127 Å². The largest absolute Gasteiger partial charge is 0.421 e. The number of hydrogen-bond donors (Lipinski definition) is 2. The number of hydrogen-bond acceptors (Lipinski definition) is 6. The molecule has 2 aromatic carbocycles. The van der Waals surface area contributed by atoms with Gasteiger partial charge in [-0.25, -0.2) is 13.2 Å². The first-order valence-corrected chi connectivity index (χ1v) is 12.5. The number of nitrogens with zero attached hydrogens (tertiary/aromatic N) is 3. The van der Waals surface area contributed by atoms with Crippen LogP contribution in [-0.4, -0.2) is 33.1 Å². The van der Waals surface area contributed by atoms with E-state index in [4.69, 9.17) is 11.6 Å². The lowest BCUT2D eigenvalue weighted by Crippen LogP contribution is -2.33. The Morgan fingerprint density at radius 1 is 1.15 bits per heavy atom. The Hall–Kier alpha value is -3.11. The van der Waals surface area contributed by atoms with Crippen LogP contribution in [0.5, 0.6) is 0 Å². The lowest BCUT2D eigenvalue weighted by molar-refractivity contribution is 0.162. The van der Waals surface area contributed by atoms with Gasteiger partial charge in [0.1, 0.15) is 0 Å². The molecule has 5 rings (SSSR count). The first kappa shape index (κ1) is 21.7. The highest BCUT2D eigenvalue weighted by Gasteiger charge is 2.25. The molecule has 0 amide bonds. The van der Waals surface area contributed by atoms with Crippen LogP contribution in [0.1, 0.15) is 32.1 Å². The minimum Gasteiger partial charge on any atom is -0.421 e. The van der Waals surface area contributed by atoms with Crippen molar-refractivity contribution in [1.29, 1.82) is 0 Å². The van der Waals surface area contributed by atoms with Gasteiger partial charge in [0.05, 0.1) is 37.4 Å². The van der Waals surface area contributed by atoms with Gasteiger partial charge in [-0.15, -0.1) is 0 Å². The first-order chi connectivity index (χ1) is 15.8. The van der Waals surface area contributed by atoms with Crippen LogP contribution in [0, 0.1) is 5.92 Å². The maximum atomic E-state index is 13.5. The van der Waals surface area contributed by atoms with Crippen LogP contribution in [0.3, 0.4) is 0 Å². The molecule has 0 unspecified atom stereocenters. The van der Waals surface area contributed by atoms with Crippen molar-refractivity contribution in [1.82, 2.24) is 19.5 Å². The van der Waals surface area contributed by atoms with Crippen LogP contribution < -0.4 is 11.2 Å². The van der Waals surface area contributed by atoms with Crippen LogP contribution in [0.4, 0.5) is 0 Å². The molecule has 9 nitrogen and oxygen atoms in total. The third-order valence-corrected chi connectivity index (χ3v) is 8.50. The molecule has 1 saturated carbocycles. The zero-order valence-electron chi connectivity index (χ0n) is 17.5. The molecule has 1 aliphatic rings. The van der Waals surface area contributed by atoms with Gasteiger partial charge in [-0.1, -0.05) is 42.0 Å². The quantitative estimate of drug-likeness (QED) is 0.415. The maximum Gasteiger partial charge on any atom is 0.362 e. The third kappa shape index (κ3) is 3.63. The predicted octanol–water partition coefficient (Wildman–Crippen LogP) is 3.34. The minimum atomic E-state index is -4.15. The summed E-state index contributed by atoms with van der Waals surface area (Å²) in [6.45, 7) is 0.699. The number of nitrogens with one attached hydrogen (secondary N) is 1. The monoisotopic (exact) mass is 488 g/mol. The second-order valence-electron chi connectivity index (χ2n) is 8.37. The molecule has 2 N–H and O–H groups in total. The Kier molecular flexibility index (Phi) is 5.29. The van der Waals surface area contributed by atoms with Crippen molar-refractivity contribution in [3.8, 4) is 0 Å². The van der Waals surface area contributed by atoms with Crippen molar-refractivity contribution >= 4 is 43.2 Å². The smallest absolute Gasteiger partial charge is 0.362 e. The van der Waals surface area contributed by atoms with Gasteiger partial charge in [-0.2, -0.15) is 5.10 Å². The lowest BCUT2D eigenvalue weighted by atomic mass is 10.0. The summed E-state index contributed by atoms with van der Waals surface area (Å²) in [7, 11) is -4.15. The molecular weight excluding hydrogens is 468 g/mol. The summed E-state index contributed by atoms with van der Waals surface area (Å²) < 4.78 is 28.8. The number of H-pyrrole nitrogens is 1. The first-order valence-electron chi connectivity index (χ1n) is 10.6. The summed E-state index contributed by atoms with van der Waals surface area (Å²) in [6.07, 6.45) is 7.65. The van der Waals surface area contributed by atoms with E-state index >= 15 is 0 Å². The van der Waals surface area contributed by atoms with Gasteiger partial charge in [-0.05, 0) is 42.7 Å². The summed E-state index contributed by atoms with van der Waals surface area (Å²) in [4.78, 5) is 26.3. The van der Waals surface area contributed by atoms with Gasteiger partial charge >= 0.3 is 5.69 Å². The normalized spacial score (nSPS) is 15.1. The number of aromatic nitrogens is 4. The van der Waals surface area contributed by atoms with E-state index in [2.05, 4.69) is 10.1 Å². The SMILES string of the molecule is O=c1[nH]c2c(S(=O)(=O)c3ccc4cnn(CCC5CCCC5)c4c3)ccc(Cl)c2c(=O)n1O. The zero-order valence-corrected chi connectivity index (χ0v) is 19.1. The number of rotatable bonds is 5. The molecule has 0 saturated heterocycles. The van der Waals surface area contributed by atoms with Gasteiger partial charge in [-0.3, -0.25) is 9.48 Å². The van der Waals surface area contributed by atoms with E-state index in [0.29, 0.717) is 18.0 Å². The third-order valence-electron chi connectivity index (χ3n) is 6.39. The van der Waals surface area contributed by atoms with E-state index in [1.165, 1.54) is 43.9 Å². The molecule has 33 heavy (non-hydrogen) atoms. The summed E-state index contributed by atoms with van der Waals surface area (Å²) in [6, 6.07) is 7.19. The summed E-state index contributed by atoms with van der Waals surface area (Å²) in [5, 5.41) is 14.5. The molecule has 172 valence electrons. The molecule has 1 aliphatic carbocycles. The van der Waals surface area contributed by atoms with Gasteiger partial charge in [0.25, 0.3) is 5.56 Å². The van der Waals surface area contributed by atoms with E-state index in [0.717, 1.165) is 11.8 Å². The molecule has 0 radical (unpaired) electrons. The number of aromatic amines is 1. The zero-order chi connectivity index (χ0) is 23.3. The molecule has 0 atom stereocenters. The number of aryl methyl sites for hydroxylation is 1. The van der Waals surface area contributed by atoms with Gasteiger partial charge in [0, 0.05) is 11.9 Å². The number of halogens is 1. The fraction of sp³-hybridized carbons (Fsp3) is 0.318. The molecule has 1 fully saturated rings. The fourth-order valence-electron chi connectivity index (χ4n) is 4.60. The van der Waals surface area contributed by atoms with E-state index < -0.39 is 21.1 Å². The predicted molar refractivity (Wildman–Crippen MR) is 123 cm³/mol. The number of sulfone groups is 1. The highest BCUT2D eigenvalue weighted by atomic mass is 35.5. The Morgan fingerprint density at radius 2 is 1.91 bits per heavy atom. The Labute approximate surface area is 193 Å². The second-order valence-corrected chi connectivity index (χ2v) is 10.7. The molecule has 0 bridgehead atoms. The standard InChI is InChI=1S/C22H21ClN4O5S/c23-16-7-8-18(20-19(16)21(28)27(30)22(29)25-20)33(31,32)15-6-5-14-12-24-26(17(14)11-15)10-9-13-3-1-2-4-13/h5-8,11-13,30H,1-4,9-10H2,(H,25,29). The number of benzene rings is 2. The highest BCUT2D eigenvalue weighted by Crippen LogP contribution is 2.32. The Balaban J connectivity index is 1.62. The van der Waals surface area contributed by atoms with Gasteiger partial charge in [0.2, 0.25) is 9.84 Å². The van der Waals surface area contributed by atoms with Crippen molar-refractivity contribution in [3.63, 3.8) is 0 Å². The van der Waals surface area contributed by atoms with E-state index in [-0.39, 0.29) is 30.4 Å². The average molecular weight is 489 g/mol. The molecule has 2 heterocycles. The van der Waals surface area contributed by atoms with Crippen molar-refractivity contribution in [3.05, 3.63) is 62.4 Å². The molecular formula is C22H21ClN4O5S. The summed E-state index contributed by atoms with van der Waals surface area (Å²) in [5.74, 6) is 0.670.